The summed E-state index contributed by atoms with van der Waals surface area (Å²) in [6.07, 6.45) is 0.504. The zero-order valence-electron chi connectivity index (χ0n) is 9.08. The first-order valence-electron chi connectivity index (χ1n) is 4.82. The van der Waals surface area contributed by atoms with Crippen molar-refractivity contribution in [2.24, 2.45) is 5.73 Å². The van der Waals surface area contributed by atoms with Gasteiger partial charge in [0, 0.05) is 20.7 Å². The van der Waals surface area contributed by atoms with E-state index in [0.29, 0.717) is 13.0 Å². The molecule has 3 N–H and O–H groups in total. The third kappa shape index (κ3) is 2.66. The highest BCUT2D eigenvalue weighted by Crippen LogP contribution is 2.17. The number of amides is 2. The van der Waals surface area contributed by atoms with Crippen LogP contribution in [0.15, 0.2) is 0 Å². The van der Waals surface area contributed by atoms with Gasteiger partial charge < -0.3 is 20.7 Å². The number of ether oxygens (including phenoxy) is 1. The molecule has 1 saturated heterocycles. The Morgan fingerprint density at radius 1 is 1.60 bits per heavy atom. The fraction of sp³-hybridized carbons (Fsp3) is 0.778. The molecule has 0 saturated carbocycles. The van der Waals surface area contributed by atoms with Crippen molar-refractivity contribution >= 4 is 11.8 Å². The Kier molecular flexibility index (Phi) is 3.65. The second-order valence-corrected chi connectivity index (χ2v) is 3.79. The van der Waals surface area contributed by atoms with Gasteiger partial charge in [0.1, 0.15) is 5.54 Å². The molecule has 0 aromatic carbocycles. The summed E-state index contributed by atoms with van der Waals surface area (Å²) in [5.74, 6) is -0.461. The highest BCUT2D eigenvalue weighted by Gasteiger charge is 2.40. The predicted molar refractivity (Wildman–Crippen MR) is 54.1 cm³/mol. The number of hydrogen-bond donors (Lipinski definition) is 2. The minimum atomic E-state index is -0.956. The largest absolute Gasteiger partial charge is 0.379 e. The van der Waals surface area contributed by atoms with Gasteiger partial charge >= 0.3 is 0 Å². The van der Waals surface area contributed by atoms with E-state index in [-0.39, 0.29) is 25.0 Å². The van der Waals surface area contributed by atoms with Gasteiger partial charge in [-0.05, 0) is 6.42 Å². The summed E-state index contributed by atoms with van der Waals surface area (Å²) in [6.45, 7) is 0.744. The summed E-state index contributed by atoms with van der Waals surface area (Å²) in [5, 5.41) is 2.45. The second-order valence-electron chi connectivity index (χ2n) is 3.79. The van der Waals surface area contributed by atoms with Crippen LogP contribution in [0.4, 0.5) is 0 Å². The molecule has 1 rings (SSSR count). The average Bonchev–Trinajstić information content (AvgIpc) is 2.65. The van der Waals surface area contributed by atoms with Crippen LogP contribution in [-0.4, -0.2) is 56.1 Å². The number of nitrogens with two attached hydrogens (primary N) is 1. The number of carbonyl (C=O) groups is 2. The summed E-state index contributed by atoms with van der Waals surface area (Å²) >= 11 is 0. The maximum absolute atomic E-state index is 11.9. The maximum Gasteiger partial charge on any atom is 0.245 e. The standard InChI is InChI=1S/C9H17N3O3/c1-11-7(13)5-12(2)8(14)9(10)3-4-15-6-9/h3-6,10H2,1-2H3,(H,11,13). The lowest BCUT2D eigenvalue weighted by Crippen LogP contribution is -2.56. The molecule has 6 heteroatoms. The molecule has 1 aliphatic heterocycles. The first-order chi connectivity index (χ1) is 6.99. The number of nitrogens with one attached hydrogen (secondary N) is 1. The Hall–Kier alpha value is -1.14. The fourth-order valence-corrected chi connectivity index (χ4v) is 1.50. The Labute approximate surface area is 88.7 Å². The van der Waals surface area contributed by atoms with Crippen molar-refractivity contribution in [1.82, 2.24) is 10.2 Å². The molecule has 0 spiro atoms. The van der Waals surface area contributed by atoms with Gasteiger partial charge in [-0.1, -0.05) is 0 Å². The van der Waals surface area contributed by atoms with Crippen molar-refractivity contribution in [3.8, 4) is 0 Å². The van der Waals surface area contributed by atoms with Crippen LogP contribution in [0.5, 0.6) is 0 Å². The third-order valence-electron chi connectivity index (χ3n) is 2.48. The summed E-state index contributed by atoms with van der Waals surface area (Å²) in [5.41, 5.74) is 4.92. The SMILES string of the molecule is CNC(=O)CN(C)C(=O)C1(N)CCOC1. The fourth-order valence-electron chi connectivity index (χ4n) is 1.50. The van der Waals surface area contributed by atoms with E-state index in [4.69, 9.17) is 10.5 Å². The van der Waals surface area contributed by atoms with Gasteiger partial charge in [-0.15, -0.1) is 0 Å². The van der Waals surface area contributed by atoms with Crippen LogP contribution in [0.2, 0.25) is 0 Å². The van der Waals surface area contributed by atoms with Crippen LogP contribution < -0.4 is 11.1 Å². The third-order valence-corrected chi connectivity index (χ3v) is 2.48. The van der Waals surface area contributed by atoms with E-state index in [1.165, 1.54) is 11.9 Å². The molecule has 0 bridgehead atoms. The van der Waals surface area contributed by atoms with Gasteiger partial charge in [0.05, 0.1) is 13.2 Å². The van der Waals surface area contributed by atoms with Crippen LogP contribution >= 0.6 is 0 Å². The molecule has 0 aromatic rings. The van der Waals surface area contributed by atoms with Gasteiger partial charge in [0.2, 0.25) is 11.8 Å². The Morgan fingerprint density at radius 2 is 2.27 bits per heavy atom. The molecule has 1 atom stereocenters. The lowest BCUT2D eigenvalue weighted by molar-refractivity contribution is -0.139. The Balaban J connectivity index is 2.55. The zero-order chi connectivity index (χ0) is 11.5. The first kappa shape index (κ1) is 11.9. The van der Waals surface area contributed by atoms with Crippen LogP contribution in [0.3, 0.4) is 0 Å². The van der Waals surface area contributed by atoms with E-state index in [2.05, 4.69) is 5.32 Å². The van der Waals surface area contributed by atoms with Gasteiger partial charge in [-0.25, -0.2) is 0 Å². The topological polar surface area (TPSA) is 84.7 Å². The molecule has 2 amide bonds. The van der Waals surface area contributed by atoms with Crippen molar-refractivity contribution in [2.75, 3.05) is 33.9 Å². The van der Waals surface area contributed by atoms with Crippen molar-refractivity contribution in [3.63, 3.8) is 0 Å². The average molecular weight is 215 g/mol. The van der Waals surface area contributed by atoms with Gasteiger partial charge in [0.25, 0.3) is 0 Å². The Bertz CT molecular complexity index is 261. The molecular formula is C9H17N3O3. The normalized spacial score (nSPS) is 25.0. The summed E-state index contributed by atoms with van der Waals surface area (Å²) in [7, 11) is 3.09. The lowest BCUT2D eigenvalue weighted by Gasteiger charge is -2.26. The van der Waals surface area contributed by atoms with Crippen LogP contribution in [-0.2, 0) is 14.3 Å². The highest BCUT2D eigenvalue weighted by atomic mass is 16.5. The van der Waals surface area contributed by atoms with E-state index in [1.807, 2.05) is 0 Å². The summed E-state index contributed by atoms with van der Waals surface area (Å²) < 4.78 is 5.09. The molecule has 15 heavy (non-hydrogen) atoms. The smallest absolute Gasteiger partial charge is 0.245 e. The van der Waals surface area contributed by atoms with Crippen molar-refractivity contribution < 1.29 is 14.3 Å². The van der Waals surface area contributed by atoms with E-state index in [1.54, 1.807) is 7.05 Å². The van der Waals surface area contributed by atoms with Crippen molar-refractivity contribution in [3.05, 3.63) is 0 Å². The van der Waals surface area contributed by atoms with Crippen molar-refractivity contribution in [2.45, 2.75) is 12.0 Å². The number of likely N-dealkylation sites (N-methyl/N-ethyl adjacent to an activating group) is 2. The minimum Gasteiger partial charge on any atom is -0.379 e. The summed E-state index contributed by atoms with van der Waals surface area (Å²) in [4.78, 5) is 24.3. The maximum atomic E-state index is 11.9. The molecule has 86 valence electrons. The number of carbonyl (C=O) groups excluding carboxylic acids is 2. The van der Waals surface area contributed by atoms with Gasteiger partial charge in [-0.2, -0.15) is 0 Å². The molecule has 0 radical (unpaired) electrons. The van der Waals surface area contributed by atoms with Crippen molar-refractivity contribution in [1.29, 1.82) is 0 Å². The van der Waals surface area contributed by atoms with Crippen LogP contribution in [0, 0.1) is 0 Å². The van der Waals surface area contributed by atoms with Gasteiger partial charge in [0.15, 0.2) is 0 Å². The molecule has 1 unspecified atom stereocenters. The van der Waals surface area contributed by atoms with Gasteiger partial charge in [-0.3, -0.25) is 9.59 Å². The lowest BCUT2D eigenvalue weighted by atomic mass is 9.98. The van der Waals surface area contributed by atoms with Crippen LogP contribution in [0.25, 0.3) is 0 Å². The van der Waals surface area contributed by atoms with E-state index in [9.17, 15) is 9.59 Å². The van der Waals surface area contributed by atoms with E-state index >= 15 is 0 Å². The highest BCUT2D eigenvalue weighted by molar-refractivity contribution is 5.90. The number of nitrogens with zero attached hydrogens (tertiary/aromatic N) is 1. The quantitative estimate of drug-likeness (QED) is 0.588. The van der Waals surface area contributed by atoms with E-state index in [0.717, 1.165) is 0 Å². The minimum absolute atomic E-state index is 0.0221. The molecule has 0 aromatic heterocycles. The molecule has 0 aliphatic carbocycles. The first-order valence-corrected chi connectivity index (χ1v) is 4.82. The zero-order valence-corrected chi connectivity index (χ0v) is 9.08. The van der Waals surface area contributed by atoms with E-state index < -0.39 is 5.54 Å². The number of rotatable bonds is 3. The Morgan fingerprint density at radius 3 is 2.73 bits per heavy atom. The molecule has 1 aliphatic rings. The monoisotopic (exact) mass is 215 g/mol. The number of hydrogen-bond acceptors (Lipinski definition) is 4. The molecular weight excluding hydrogens is 198 g/mol. The molecule has 6 nitrogen and oxygen atoms in total. The molecule has 1 heterocycles. The molecule has 1 fully saturated rings. The van der Waals surface area contributed by atoms with Crippen LogP contribution in [0.1, 0.15) is 6.42 Å². The second kappa shape index (κ2) is 4.59. The summed E-state index contributed by atoms with van der Waals surface area (Å²) in [6, 6.07) is 0. The predicted octanol–water partition coefficient (Wildman–Crippen LogP) is -1.69.